The Hall–Kier alpha value is -0.820. The van der Waals surface area contributed by atoms with Crippen LogP contribution in [0.15, 0.2) is 23.1 Å². The molecule has 1 aromatic rings. The van der Waals surface area contributed by atoms with Crippen molar-refractivity contribution in [3.63, 3.8) is 0 Å². The lowest BCUT2D eigenvalue weighted by atomic mass is 10.3. The third kappa shape index (κ3) is 5.28. The molecule has 5 nitrogen and oxygen atoms in total. The molecule has 0 radical (unpaired) electrons. The number of sulfonamides is 1. The number of nitrogens with one attached hydrogen (secondary N) is 1. The maximum Gasteiger partial charge on any atom is 0.240 e. The van der Waals surface area contributed by atoms with Gasteiger partial charge in [-0.3, -0.25) is 0 Å². The molecule has 0 aliphatic rings. The van der Waals surface area contributed by atoms with E-state index >= 15 is 0 Å². The fraction of sp³-hybridized carbons (Fsp3) is 0.538. The first-order chi connectivity index (χ1) is 9.22. The van der Waals surface area contributed by atoms with E-state index in [2.05, 4.69) is 4.72 Å². The number of likely N-dealkylation sites (N-methyl/N-ethyl adjacent to an activating group) is 1. The van der Waals surface area contributed by atoms with E-state index in [-0.39, 0.29) is 16.0 Å². The van der Waals surface area contributed by atoms with Crippen LogP contribution in [0.4, 0.5) is 0 Å². The minimum absolute atomic E-state index is 0.0202. The zero-order valence-corrected chi connectivity index (χ0v) is 13.8. The molecule has 0 unspecified atom stereocenters. The highest BCUT2D eigenvalue weighted by molar-refractivity contribution is 7.89. The summed E-state index contributed by atoms with van der Waals surface area (Å²) < 4.78 is 32.1. The van der Waals surface area contributed by atoms with Gasteiger partial charge in [0.25, 0.3) is 0 Å². The monoisotopic (exact) mass is 320 g/mol. The van der Waals surface area contributed by atoms with Gasteiger partial charge in [0, 0.05) is 13.1 Å². The highest BCUT2D eigenvalue weighted by atomic mass is 35.5. The molecule has 0 aliphatic heterocycles. The third-order valence-corrected chi connectivity index (χ3v) is 4.18. The molecule has 0 aliphatic carbocycles. The molecule has 0 heterocycles. The number of ether oxygens (including phenoxy) is 1. The second-order valence-electron chi connectivity index (χ2n) is 4.96. The van der Waals surface area contributed by atoms with Crippen molar-refractivity contribution in [2.24, 2.45) is 0 Å². The van der Waals surface area contributed by atoms with Gasteiger partial charge in [0.05, 0.1) is 16.0 Å². The van der Waals surface area contributed by atoms with E-state index in [0.29, 0.717) is 18.8 Å². The van der Waals surface area contributed by atoms with Crippen molar-refractivity contribution in [2.45, 2.75) is 24.8 Å². The molecule has 0 atom stereocenters. The summed E-state index contributed by atoms with van der Waals surface area (Å²) in [6.07, 6.45) is -0.0202. The highest BCUT2D eigenvalue weighted by Crippen LogP contribution is 2.28. The Bertz CT molecular complexity index is 545. The number of hydrogen-bond acceptors (Lipinski definition) is 4. The van der Waals surface area contributed by atoms with Crippen LogP contribution in [-0.4, -0.2) is 46.6 Å². The molecular weight excluding hydrogens is 300 g/mol. The molecule has 20 heavy (non-hydrogen) atoms. The summed E-state index contributed by atoms with van der Waals surface area (Å²) in [7, 11) is 0.216. The van der Waals surface area contributed by atoms with Gasteiger partial charge in [-0.15, -0.1) is 0 Å². The van der Waals surface area contributed by atoms with E-state index in [1.54, 1.807) is 6.07 Å². The van der Waals surface area contributed by atoms with Gasteiger partial charge in [0.2, 0.25) is 10.0 Å². The molecule has 0 amide bonds. The predicted molar refractivity (Wildman–Crippen MR) is 81.0 cm³/mol. The van der Waals surface area contributed by atoms with Gasteiger partial charge < -0.3 is 9.64 Å². The van der Waals surface area contributed by atoms with Gasteiger partial charge in [0.15, 0.2) is 0 Å². The lowest BCUT2D eigenvalue weighted by Gasteiger charge is -2.13. The Labute approximate surface area is 125 Å². The van der Waals surface area contributed by atoms with Crippen LogP contribution in [0.2, 0.25) is 5.02 Å². The van der Waals surface area contributed by atoms with Gasteiger partial charge in [-0.1, -0.05) is 11.6 Å². The summed E-state index contributed by atoms with van der Waals surface area (Å²) in [5, 5.41) is 0.286. The van der Waals surface area contributed by atoms with Crippen LogP contribution in [0, 0.1) is 0 Å². The summed E-state index contributed by atoms with van der Waals surface area (Å²) in [5.74, 6) is 0.480. The molecule has 0 saturated carbocycles. The van der Waals surface area contributed by atoms with Crippen molar-refractivity contribution in [3.05, 3.63) is 23.2 Å². The summed E-state index contributed by atoms with van der Waals surface area (Å²) in [6.45, 7) is 4.73. The van der Waals surface area contributed by atoms with Crippen LogP contribution >= 0.6 is 11.6 Å². The van der Waals surface area contributed by atoms with E-state index in [0.717, 1.165) is 0 Å². The fourth-order valence-corrected chi connectivity index (χ4v) is 2.82. The Morgan fingerprint density at radius 1 is 1.35 bits per heavy atom. The van der Waals surface area contributed by atoms with Gasteiger partial charge in [-0.25, -0.2) is 13.1 Å². The summed E-state index contributed by atoms with van der Waals surface area (Å²) >= 11 is 6.04. The lowest BCUT2D eigenvalue weighted by molar-refractivity contribution is 0.242. The van der Waals surface area contributed by atoms with Gasteiger partial charge in [-0.2, -0.15) is 0 Å². The number of hydrogen-bond donors (Lipinski definition) is 1. The van der Waals surface area contributed by atoms with Gasteiger partial charge in [0.1, 0.15) is 5.75 Å². The number of nitrogens with zero attached hydrogens (tertiary/aromatic N) is 1. The Morgan fingerprint density at radius 3 is 2.50 bits per heavy atom. The van der Waals surface area contributed by atoms with Crippen LogP contribution in [-0.2, 0) is 10.0 Å². The summed E-state index contributed by atoms with van der Waals surface area (Å²) in [5.41, 5.74) is 0. The summed E-state index contributed by atoms with van der Waals surface area (Å²) in [4.78, 5) is 2.03. The standard InChI is InChI=1S/C13H21ClN2O3S/c1-10(2)19-13-6-5-11(9-12(13)14)20(17,18)15-7-8-16(3)4/h5-6,9-10,15H,7-8H2,1-4H3. The van der Waals surface area contributed by atoms with Crippen LogP contribution in [0.5, 0.6) is 5.75 Å². The first kappa shape index (κ1) is 17.2. The summed E-state index contributed by atoms with van der Waals surface area (Å²) in [6, 6.07) is 4.46. The maximum atomic E-state index is 12.1. The normalized spacial score (nSPS) is 12.2. The van der Waals surface area contributed by atoms with E-state index < -0.39 is 10.0 Å². The first-order valence-electron chi connectivity index (χ1n) is 6.33. The zero-order valence-electron chi connectivity index (χ0n) is 12.2. The molecule has 1 N–H and O–H groups in total. The van der Waals surface area contributed by atoms with E-state index in [4.69, 9.17) is 16.3 Å². The van der Waals surface area contributed by atoms with Crippen molar-refractivity contribution in [1.82, 2.24) is 9.62 Å². The van der Waals surface area contributed by atoms with E-state index in [1.165, 1.54) is 12.1 Å². The number of rotatable bonds is 7. The van der Waals surface area contributed by atoms with Crippen molar-refractivity contribution < 1.29 is 13.2 Å². The molecule has 0 saturated heterocycles. The first-order valence-corrected chi connectivity index (χ1v) is 8.19. The minimum atomic E-state index is -3.54. The molecular formula is C13H21ClN2O3S. The third-order valence-electron chi connectivity index (χ3n) is 2.43. The Morgan fingerprint density at radius 2 is 2.00 bits per heavy atom. The molecule has 114 valence electrons. The second-order valence-corrected chi connectivity index (χ2v) is 7.13. The quantitative estimate of drug-likeness (QED) is 0.834. The topological polar surface area (TPSA) is 58.6 Å². The average Bonchev–Trinajstić information content (AvgIpc) is 2.30. The number of benzene rings is 1. The van der Waals surface area contributed by atoms with Gasteiger partial charge >= 0.3 is 0 Å². The molecule has 1 aromatic carbocycles. The highest BCUT2D eigenvalue weighted by Gasteiger charge is 2.16. The van der Waals surface area contributed by atoms with Crippen molar-refractivity contribution in [2.75, 3.05) is 27.2 Å². The molecule has 0 bridgehead atoms. The average molecular weight is 321 g/mol. The SMILES string of the molecule is CC(C)Oc1ccc(S(=O)(=O)NCCN(C)C)cc1Cl. The zero-order chi connectivity index (χ0) is 15.3. The van der Waals surface area contributed by atoms with Crippen LogP contribution < -0.4 is 9.46 Å². The molecule has 0 spiro atoms. The van der Waals surface area contributed by atoms with Crippen LogP contribution in [0.3, 0.4) is 0 Å². The largest absolute Gasteiger partial charge is 0.489 e. The Balaban J connectivity index is 2.83. The molecule has 7 heteroatoms. The lowest BCUT2D eigenvalue weighted by Crippen LogP contribution is -2.31. The number of halogens is 1. The van der Waals surface area contributed by atoms with Gasteiger partial charge in [-0.05, 0) is 46.1 Å². The maximum absolute atomic E-state index is 12.1. The van der Waals surface area contributed by atoms with Crippen molar-refractivity contribution in [1.29, 1.82) is 0 Å². The van der Waals surface area contributed by atoms with E-state index in [9.17, 15) is 8.42 Å². The van der Waals surface area contributed by atoms with Crippen LogP contribution in [0.25, 0.3) is 0 Å². The smallest absolute Gasteiger partial charge is 0.240 e. The predicted octanol–water partition coefficient (Wildman–Crippen LogP) is 1.97. The molecule has 0 aromatic heterocycles. The van der Waals surface area contributed by atoms with Crippen LogP contribution in [0.1, 0.15) is 13.8 Å². The van der Waals surface area contributed by atoms with E-state index in [1.807, 2.05) is 32.8 Å². The molecule has 0 fully saturated rings. The Kier molecular flexibility index (Phi) is 6.26. The minimum Gasteiger partial charge on any atom is -0.489 e. The second kappa shape index (κ2) is 7.26. The molecule has 1 rings (SSSR count). The van der Waals surface area contributed by atoms with Crippen molar-refractivity contribution >= 4 is 21.6 Å². The van der Waals surface area contributed by atoms with Crippen molar-refractivity contribution in [3.8, 4) is 5.75 Å². The fourth-order valence-electron chi connectivity index (χ4n) is 1.49.